The zero-order chi connectivity index (χ0) is 24.0. The number of hydrogen-bond donors (Lipinski definition) is 1. The summed E-state index contributed by atoms with van der Waals surface area (Å²) in [5.41, 5.74) is 1.38. The van der Waals surface area contributed by atoms with Crippen LogP contribution in [0.4, 0.5) is 4.79 Å². The van der Waals surface area contributed by atoms with E-state index >= 15 is 0 Å². The molecule has 0 aliphatic carbocycles. The van der Waals surface area contributed by atoms with E-state index in [9.17, 15) is 14.4 Å². The topological polar surface area (TPSA) is 102 Å². The SMILES string of the molecule is CCOc1cc(/C=C2/SC(=O)N(CCOC)C2=O)cc(Cl)c1OCc1cccc(C(=O)O)c1. The molecule has 0 aromatic heterocycles. The summed E-state index contributed by atoms with van der Waals surface area (Å²) in [6.07, 6.45) is 1.58. The number of hydrogen-bond acceptors (Lipinski definition) is 7. The summed E-state index contributed by atoms with van der Waals surface area (Å²) in [6.45, 7) is 2.67. The minimum absolute atomic E-state index is 0.0820. The molecule has 2 aromatic rings. The molecule has 174 valence electrons. The number of methoxy groups -OCH3 is 1. The number of amides is 2. The van der Waals surface area contributed by atoms with E-state index in [1.54, 1.807) is 30.3 Å². The number of carboxylic acids is 1. The highest BCUT2D eigenvalue weighted by Gasteiger charge is 2.34. The third-order valence-corrected chi connectivity index (χ3v) is 5.77. The summed E-state index contributed by atoms with van der Waals surface area (Å²) in [6, 6.07) is 9.67. The van der Waals surface area contributed by atoms with E-state index in [1.165, 1.54) is 19.2 Å². The maximum atomic E-state index is 12.6. The molecular formula is C23H22ClNO7S. The van der Waals surface area contributed by atoms with Gasteiger partial charge in [-0.15, -0.1) is 0 Å². The second-order valence-electron chi connectivity index (χ2n) is 6.88. The van der Waals surface area contributed by atoms with Crippen molar-refractivity contribution < 1.29 is 33.7 Å². The lowest BCUT2D eigenvalue weighted by Crippen LogP contribution is -2.31. The molecule has 1 N–H and O–H groups in total. The molecule has 0 spiro atoms. The van der Waals surface area contributed by atoms with Gasteiger partial charge in [-0.2, -0.15) is 0 Å². The van der Waals surface area contributed by atoms with Gasteiger partial charge in [0.2, 0.25) is 0 Å². The number of carbonyl (C=O) groups is 3. The lowest BCUT2D eigenvalue weighted by atomic mass is 10.1. The van der Waals surface area contributed by atoms with Crippen molar-refractivity contribution in [1.82, 2.24) is 4.90 Å². The summed E-state index contributed by atoms with van der Waals surface area (Å²) in [5, 5.41) is 9.04. The highest BCUT2D eigenvalue weighted by Crippen LogP contribution is 2.39. The number of carbonyl (C=O) groups excluding carboxylic acids is 2. The Labute approximate surface area is 200 Å². The van der Waals surface area contributed by atoms with Gasteiger partial charge >= 0.3 is 5.97 Å². The van der Waals surface area contributed by atoms with Crippen LogP contribution < -0.4 is 9.47 Å². The number of imide groups is 1. The molecule has 10 heteroatoms. The van der Waals surface area contributed by atoms with E-state index in [1.807, 2.05) is 6.92 Å². The Hall–Kier alpha value is -3.01. The molecule has 1 aliphatic rings. The molecule has 0 radical (unpaired) electrons. The number of rotatable bonds is 10. The zero-order valence-corrected chi connectivity index (χ0v) is 19.6. The number of benzene rings is 2. The van der Waals surface area contributed by atoms with Crippen LogP contribution in [0.25, 0.3) is 6.08 Å². The third-order valence-electron chi connectivity index (χ3n) is 4.58. The second kappa shape index (κ2) is 11.2. The van der Waals surface area contributed by atoms with Gasteiger partial charge in [-0.25, -0.2) is 4.79 Å². The van der Waals surface area contributed by atoms with Crippen LogP contribution in [0.3, 0.4) is 0 Å². The van der Waals surface area contributed by atoms with Crippen molar-refractivity contribution in [1.29, 1.82) is 0 Å². The van der Waals surface area contributed by atoms with E-state index in [0.717, 1.165) is 16.7 Å². The Morgan fingerprint density at radius 1 is 1.21 bits per heavy atom. The Morgan fingerprint density at radius 3 is 2.70 bits per heavy atom. The van der Waals surface area contributed by atoms with Crippen molar-refractivity contribution in [2.45, 2.75) is 13.5 Å². The van der Waals surface area contributed by atoms with Gasteiger partial charge < -0.3 is 19.3 Å². The van der Waals surface area contributed by atoms with Crippen molar-refractivity contribution in [2.75, 3.05) is 26.9 Å². The fourth-order valence-electron chi connectivity index (χ4n) is 3.05. The lowest BCUT2D eigenvalue weighted by Gasteiger charge is -2.15. The van der Waals surface area contributed by atoms with Crippen molar-refractivity contribution in [3.63, 3.8) is 0 Å². The van der Waals surface area contributed by atoms with E-state index in [0.29, 0.717) is 29.2 Å². The molecule has 1 fully saturated rings. The number of ether oxygens (including phenoxy) is 3. The normalized spacial score (nSPS) is 14.8. The molecule has 8 nitrogen and oxygen atoms in total. The fourth-order valence-corrected chi connectivity index (χ4v) is 4.19. The Kier molecular flexibility index (Phi) is 8.37. The molecule has 0 unspecified atom stereocenters. The van der Waals surface area contributed by atoms with E-state index in [2.05, 4.69) is 0 Å². The van der Waals surface area contributed by atoms with Gasteiger partial charge in [-0.3, -0.25) is 14.5 Å². The smallest absolute Gasteiger partial charge is 0.335 e. The second-order valence-corrected chi connectivity index (χ2v) is 8.28. The van der Waals surface area contributed by atoms with Crippen molar-refractivity contribution in [2.24, 2.45) is 0 Å². The highest BCUT2D eigenvalue weighted by molar-refractivity contribution is 8.18. The maximum Gasteiger partial charge on any atom is 0.335 e. The van der Waals surface area contributed by atoms with Crippen LogP contribution in [-0.4, -0.2) is 54.0 Å². The van der Waals surface area contributed by atoms with Gasteiger partial charge in [0.05, 0.1) is 35.2 Å². The van der Waals surface area contributed by atoms with Crippen LogP contribution in [0.5, 0.6) is 11.5 Å². The monoisotopic (exact) mass is 491 g/mol. The fraction of sp³-hybridized carbons (Fsp3) is 0.261. The summed E-state index contributed by atoms with van der Waals surface area (Å²) < 4.78 is 16.5. The number of nitrogens with zero attached hydrogens (tertiary/aromatic N) is 1. The predicted molar refractivity (Wildman–Crippen MR) is 125 cm³/mol. The van der Waals surface area contributed by atoms with E-state index in [4.69, 9.17) is 30.9 Å². The van der Waals surface area contributed by atoms with Crippen LogP contribution in [0.15, 0.2) is 41.3 Å². The van der Waals surface area contributed by atoms with Crippen LogP contribution in [0, 0.1) is 0 Å². The number of halogens is 1. The minimum Gasteiger partial charge on any atom is -0.490 e. The Balaban J connectivity index is 1.83. The number of aromatic carboxylic acids is 1. The molecule has 0 saturated carbocycles. The summed E-state index contributed by atoms with van der Waals surface area (Å²) in [5.74, 6) is -0.760. The maximum absolute atomic E-state index is 12.6. The van der Waals surface area contributed by atoms with Crippen LogP contribution >= 0.6 is 23.4 Å². The van der Waals surface area contributed by atoms with E-state index in [-0.39, 0.29) is 40.5 Å². The van der Waals surface area contributed by atoms with Gasteiger partial charge in [-0.1, -0.05) is 23.7 Å². The van der Waals surface area contributed by atoms with Gasteiger partial charge in [0, 0.05) is 7.11 Å². The van der Waals surface area contributed by atoms with Gasteiger partial charge in [0.15, 0.2) is 11.5 Å². The first-order chi connectivity index (χ1) is 15.8. The molecular weight excluding hydrogens is 470 g/mol. The van der Waals surface area contributed by atoms with Crippen LogP contribution in [0.1, 0.15) is 28.4 Å². The highest BCUT2D eigenvalue weighted by atomic mass is 35.5. The average Bonchev–Trinajstić information content (AvgIpc) is 3.04. The minimum atomic E-state index is -1.03. The Bertz CT molecular complexity index is 1100. The summed E-state index contributed by atoms with van der Waals surface area (Å²) in [7, 11) is 1.50. The van der Waals surface area contributed by atoms with Crippen molar-refractivity contribution in [3.8, 4) is 11.5 Å². The van der Waals surface area contributed by atoms with Crippen molar-refractivity contribution in [3.05, 3.63) is 63.0 Å². The van der Waals surface area contributed by atoms with Gasteiger partial charge in [0.1, 0.15) is 6.61 Å². The van der Waals surface area contributed by atoms with Crippen molar-refractivity contribution >= 4 is 46.6 Å². The zero-order valence-electron chi connectivity index (χ0n) is 18.0. The molecule has 2 amide bonds. The number of carboxylic acid groups (broad SMARTS) is 1. The molecule has 3 rings (SSSR count). The first-order valence-electron chi connectivity index (χ1n) is 9.99. The standard InChI is InChI=1S/C23H22ClNO7S/c1-3-31-18-11-15(12-19-21(26)25(7-8-30-2)23(29)33-19)10-17(24)20(18)32-13-14-5-4-6-16(9-14)22(27)28/h4-6,9-12H,3,7-8,13H2,1-2H3,(H,27,28)/b19-12+. The third kappa shape index (κ3) is 6.07. The summed E-state index contributed by atoms with van der Waals surface area (Å²) >= 11 is 7.30. The molecule has 33 heavy (non-hydrogen) atoms. The number of thioether (sulfide) groups is 1. The molecule has 1 aliphatic heterocycles. The quantitative estimate of drug-likeness (QED) is 0.477. The molecule has 1 saturated heterocycles. The predicted octanol–water partition coefficient (Wildman–Crippen LogP) is 4.70. The molecule has 0 bridgehead atoms. The van der Waals surface area contributed by atoms with Crippen LogP contribution in [0.2, 0.25) is 5.02 Å². The average molecular weight is 492 g/mol. The van der Waals surface area contributed by atoms with Gasteiger partial charge in [-0.05, 0) is 60.2 Å². The van der Waals surface area contributed by atoms with Gasteiger partial charge in [0.25, 0.3) is 11.1 Å². The Morgan fingerprint density at radius 2 is 2.00 bits per heavy atom. The molecule has 2 aromatic carbocycles. The first-order valence-corrected chi connectivity index (χ1v) is 11.2. The first kappa shape index (κ1) is 24.6. The summed E-state index contributed by atoms with van der Waals surface area (Å²) in [4.78, 5) is 37.3. The largest absolute Gasteiger partial charge is 0.490 e. The lowest BCUT2D eigenvalue weighted by molar-refractivity contribution is -0.123. The van der Waals surface area contributed by atoms with Crippen LogP contribution in [-0.2, 0) is 16.1 Å². The molecule has 0 atom stereocenters. The molecule has 1 heterocycles. The van der Waals surface area contributed by atoms with E-state index < -0.39 is 11.9 Å².